The van der Waals surface area contributed by atoms with E-state index in [2.05, 4.69) is 31.9 Å². The first-order valence-electron chi connectivity index (χ1n) is 16.1. The summed E-state index contributed by atoms with van der Waals surface area (Å²) in [5, 5.41) is 9.14. The topological polar surface area (TPSA) is 116 Å². The molecule has 0 unspecified atom stereocenters. The average Bonchev–Trinajstić information content (AvgIpc) is 3.49. The van der Waals surface area contributed by atoms with E-state index in [1.54, 1.807) is 24.3 Å². The molecule has 3 N–H and O–H groups in total. The number of fused-ring (bicyclic) bond motifs is 1. The zero-order valence-corrected chi connectivity index (χ0v) is 27.2. The van der Waals surface area contributed by atoms with Crippen molar-refractivity contribution < 1.29 is 19.1 Å². The number of anilines is 2. The summed E-state index contributed by atoms with van der Waals surface area (Å²) in [6.07, 6.45) is 4.33. The number of likely N-dealkylation sites (tertiary alicyclic amines) is 1. The molecular weight excluding hydrogens is 580 g/mol. The van der Waals surface area contributed by atoms with Gasteiger partial charge in [-0.25, -0.2) is 4.98 Å². The summed E-state index contributed by atoms with van der Waals surface area (Å²) in [7, 11) is 3.60. The smallest absolute Gasteiger partial charge is 0.244 e. The molecule has 1 atom stereocenters. The van der Waals surface area contributed by atoms with Crippen molar-refractivity contribution in [2.24, 2.45) is 11.3 Å². The highest BCUT2D eigenvalue weighted by atomic mass is 16.5. The van der Waals surface area contributed by atoms with Gasteiger partial charge in [0.15, 0.2) is 0 Å². The maximum atomic E-state index is 14.2. The fourth-order valence-corrected chi connectivity index (χ4v) is 6.49. The Bertz CT molecular complexity index is 1510. The van der Waals surface area contributed by atoms with Crippen molar-refractivity contribution in [3.05, 3.63) is 89.1 Å². The van der Waals surface area contributed by atoms with E-state index >= 15 is 0 Å². The molecule has 0 spiro atoms. The fraction of sp³-hybridized carbons (Fsp3) is 0.444. The van der Waals surface area contributed by atoms with Gasteiger partial charge < -0.3 is 30.5 Å². The summed E-state index contributed by atoms with van der Waals surface area (Å²) in [6, 6.07) is 19.3. The van der Waals surface area contributed by atoms with E-state index in [4.69, 9.17) is 4.74 Å². The minimum absolute atomic E-state index is 0.00372. The highest BCUT2D eigenvalue weighted by Gasteiger charge is 2.40. The monoisotopic (exact) mass is 626 g/mol. The summed E-state index contributed by atoms with van der Waals surface area (Å²) in [6.45, 7) is 6.16. The Labute approximate surface area is 271 Å². The van der Waals surface area contributed by atoms with Crippen LogP contribution < -0.4 is 16.0 Å². The van der Waals surface area contributed by atoms with E-state index in [0.717, 1.165) is 54.7 Å². The number of nitrogens with one attached hydrogen (secondary N) is 3. The number of piperidine rings is 1. The Morgan fingerprint density at radius 1 is 0.978 bits per heavy atom. The first-order chi connectivity index (χ1) is 22.3. The van der Waals surface area contributed by atoms with E-state index in [0.29, 0.717) is 44.0 Å². The Morgan fingerprint density at radius 2 is 1.72 bits per heavy atom. The molecule has 2 aliphatic rings. The Balaban J connectivity index is 1.26. The lowest BCUT2D eigenvalue weighted by atomic mass is 9.79. The Hall–Kier alpha value is -4.12. The largest absolute Gasteiger partial charge is 0.383 e. The summed E-state index contributed by atoms with van der Waals surface area (Å²) < 4.78 is 5.25. The molecule has 0 bridgehead atoms. The molecule has 244 valence electrons. The third-order valence-electron chi connectivity index (χ3n) is 9.27. The predicted molar refractivity (Wildman–Crippen MR) is 179 cm³/mol. The zero-order valence-electron chi connectivity index (χ0n) is 27.2. The molecule has 3 aromatic rings. The normalized spacial score (nSPS) is 17.2. The summed E-state index contributed by atoms with van der Waals surface area (Å²) in [4.78, 5) is 48.9. The van der Waals surface area contributed by atoms with Gasteiger partial charge in [0.25, 0.3) is 0 Å². The number of ether oxygens (including phenoxy) is 1. The number of nitrogens with zero attached hydrogens (tertiary/aromatic N) is 3. The van der Waals surface area contributed by atoms with Gasteiger partial charge in [0.2, 0.25) is 17.7 Å². The van der Waals surface area contributed by atoms with Crippen LogP contribution in [0.15, 0.2) is 66.9 Å². The van der Waals surface area contributed by atoms with E-state index in [1.807, 2.05) is 62.5 Å². The number of methoxy groups -OCH3 is 1. The van der Waals surface area contributed by atoms with E-state index < -0.39 is 5.41 Å². The van der Waals surface area contributed by atoms with Gasteiger partial charge in [-0.3, -0.25) is 14.4 Å². The second-order valence-electron chi connectivity index (χ2n) is 12.7. The highest BCUT2D eigenvalue weighted by molar-refractivity contribution is 5.96. The van der Waals surface area contributed by atoms with Crippen molar-refractivity contribution >= 4 is 29.2 Å². The van der Waals surface area contributed by atoms with Crippen LogP contribution in [0.3, 0.4) is 0 Å². The molecule has 0 saturated carbocycles. The van der Waals surface area contributed by atoms with Gasteiger partial charge in [0.05, 0.1) is 6.61 Å². The van der Waals surface area contributed by atoms with Crippen LogP contribution in [-0.4, -0.2) is 79.4 Å². The lowest BCUT2D eigenvalue weighted by molar-refractivity contribution is -0.146. The van der Waals surface area contributed by atoms with Crippen LogP contribution in [0.1, 0.15) is 42.0 Å². The molecule has 0 radical (unpaired) electrons. The average molecular weight is 627 g/mol. The molecule has 10 nitrogen and oxygen atoms in total. The summed E-state index contributed by atoms with van der Waals surface area (Å²) >= 11 is 0. The number of aromatic nitrogens is 1. The summed E-state index contributed by atoms with van der Waals surface area (Å²) in [5.41, 5.74) is 4.37. The number of rotatable bonds is 13. The first kappa shape index (κ1) is 33.2. The number of pyridine rings is 1. The van der Waals surface area contributed by atoms with E-state index in [9.17, 15) is 14.4 Å². The van der Waals surface area contributed by atoms with Crippen molar-refractivity contribution in [1.29, 1.82) is 0 Å². The molecule has 2 heterocycles. The van der Waals surface area contributed by atoms with Crippen molar-refractivity contribution in [3.63, 3.8) is 0 Å². The molecule has 46 heavy (non-hydrogen) atoms. The molecule has 5 rings (SSSR count). The predicted octanol–water partition coefficient (Wildman–Crippen LogP) is 3.87. The summed E-state index contributed by atoms with van der Waals surface area (Å²) in [5.74, 6) is 0.0307. The maximum absolute atomic E-state index is 14.2. The zero-order chi connectivity index (χ0) is 32.5. The van der Waals surface area contributed by atoms with Gasteiger partial charge in [-0.05, 0) is 92.3 Å². The van der Waals surface area contributed by atoms with Gasteiger partial charge in [0.1, 0.15) is 12.4 Å². The van der Waals surface area contributed by atoms with Gasteiger partial charge >= 0.3 is 0 Å². The van der Waals surface area contributed by atoms with E-state index in [-0.39, 0.29) is 30.2 Å². The molecular formula is C36H46N6O4. The quantitative estimate of drug-likeness (QED) is 0.264. The Morgan fingerprint density at radius 3 is 2.43 bits per heavy atom. The van der Waals surface area contributed by atoms with Crippen LogP contribution >= 0.6 is 0 Å². The highest BCUT2D eigenvalue weighted by Crippen LogP contribution is 2.34. The van der Waals surface area contributed by atoms with Crippen LogP contribution in [-0.2, 0) is 45.1 Å². The molecule has 1 saturated heterocycles. The van der Waals surface area contributed by atoms with Crippen molar-refractivity contribution in [2.45, 2.75) is 45.7 Å². The Kier molecular flexibility index (Phi) is 11.2. The van der Waals surface area contributed by atoms with Crippen molar-refractivity contribution in [3.8, 4) is 0 Å². The van der Waals surface area contributed by atoms with Gasteiger partial charge in [0, 0.05) is 50.0 Å². The molecule has 10 heteroatoms. The van der Waals surface area contributed by atoms with Crippen LogP contribution in [0.5, 0.6) is 0 Å². The fourth-order valence-electron chi connectivity index (χ4n) is 6.49. The van der Waals surface area contributed by atoms with E-state index in [1.165, 1.54) is 0 Å². The van der Waals surface area contributed by atoms with Crippen LogP contribution in [0.25, 0.3) is 0 Å². The van der Waals surface area contributed by atoms with Gasteiger partial charge in [-0.1, -0.05) is 43.3 Å². The minimum atomic E-state index is -0.555. The number of amides is 3. The first-order valence-corrected chi connectivity index (χ1v) is 16.1. The van der Waals surface area contributed by atoms with Crippen LogP contribution in [0.4, 0.5) is 11.5 Å². The third kappa shape index (κ3) is 8.37. The number of benzene rings is 2. The number of hydrogen-bond donors (Lipinski definition) is 3. The molecule has 3 amide bonds. The lowest BCUT2D eigenvalue weighted by Gasteiger charge is -2.41. The van der Waals surface area contributed by atoms with Gasteiger partial charge in [-0.15, -0.1) is 0 Å². The number of hydrogen-bond acceptors (Lipinski definition) is 7. The van der Waals surface area contributed by atoms with Crippen molar-refractivity contribution in [1.82, 2.24) is 20.1 Å². The second-order valence-corrected chi connectivity index (χ2v) is 12.7. The van der Waals surface area contributed by atoms with Gasteiger partial charge in [-0.2, -0.15) is 0 Å². The molecule has 1 aliphatic carbocycles. The standard InChI is InChI=1S/C36H46N6O4/c1-36(13-16-41(17-14-36)18-19-46-3)35(45)42(24-28-9-5-4-8-27(28)23-37-2)25-33(43)39-31-12-11-26-20-30(21-29(26)22-31)34(44)40-32-10-6-7-15-38-32/h4-12,15,22,30,37H,13-14,16-21,23-25H2,1-3H3,(H,39,43)(H,38,40,44)/t30-/m1/s1. The molecule has 1 aromatic heterocycles. The third-order valence-corrected chi connectivity index (χ3v) is 9.27. The van der Waals surface area contributed by atoms with Crippen LogP contribution in [0, 0.1) is 11.3 Å². The minimum Gasteiger partial charge on any atom is -0.383 e. The second kappa shape index (κ2) is 15.4. The van der Waals surface area contributed by atoms with Crippen molar-refractivity contribution in [2.75, 3.05) is 57.6 Å². The molecule has 1 aliphatic heterocycles. The number of carbonyl (C=O) groups is 3. The maximum Gasteiger partial charge on any atom is 0.244 e. The number of carbonyl (C=O) groups excluding carboxylic acids is 3. The molecule has 2 aromatic carbocycles. The molecule has 1 fully saturated rings. The lowest BCUT2D eigenvalue weighted by Crippen LogP contribution is -2.50. The SMILES string of the molecule is CNCc1ccccc1CN(CC(=O)Nc1ccc2c(c1)C[C@H](C(=O)Nc1ccccn1)C2)C(=O)C1(C)CCN(CCOC)CC1. The van der Waals surface area contributed by atoms with Crippen LogP contribution in [0.2, 0.25) is 0 Å².